The Balaban J connectivity index is 1.84. The first-order valence-electron chi connectivity index (χ1n) is 6.52. The third-order valence-corrected chi connectivity index (χ3v) is 3.64. The average Bonchev–Trinajstić information content (AvgIpc) is 2.48. The van der Waals surface area contributed by atoms with Crippen LogP contribution < -0.4 is 0 Å². The predicted octanol–water partition coefficient (Wildman–Crippen LogP) is 3.44. The molecule has 1 aromatic carbocycles. The molecule has 2 rings (SSSR count). The van der Waals surface area contributed by atoms with E-state index >= 15 is 0 Å². The van der Waals surface area contributed by atoms with Crippen molar-refractivity contribution in [2.24, 2.45) is 0 Å². The van der Waals surface area contributed by atoms with Gasteiger partial charge in [0, 0.05) is 36.9 Å². The SMILES string of the molecule is CN(Cc1ccc(Br)cc1)C(=O)CCc1cccnc1. The van der Waals surface area contributed by atoms with E-state index in [1.165, 1.54) is 0 Å². The molecule has 1 aromatic heterocycles. The Morgan fingerprint density at radius 2 is 1.95 bits per heavy atom. The van der Waals surface area contributed by atoms with E-state index in [0.29, 0.717) is 13.0 Å². The van der Waals surface area contributed by atoms with E-state index in [0.717, 1.165) is 22.0 Å². The molecule has 3 nitrogen and oxygen atoms in total. The summed E-state index contributed by atoms with van der Waals surface area (Å²) in [7, 11) is 1.84. The zero-order valence-electron chi connectivity index (χ0n) is 11.4. The Bertz CT molecular complexity index is 554. The molecule has 1 amide bonds. The number of nitrogens with zero attached hydrogens (tertiary/aromatic N) is 2. The van der Waals surface area contributed by atoms with Crippen molar-refractivity contribution in [3.05, 3.63) is 64.4 Å². The number of halogens is 1. The van der Waals surface area contributed by atoms with Crippen molar-refractivity contribution in [2.45, 2.75) is 19.4 Å². The van der Waals surface area contributed by atoms with Gasteiger partial charge in [0.2, 0.25) is 5.91 Å². The molecular formula is C16H17BrN2O. The molecule has 0 unspecified atom stereocenters. The van der Waals surface area contributed by atoms with Gasteiger partial charge in [-0.1, -0.05) is 34.1 Å². The van der Waals surface area contributed by atoms with Gasteiger partial charge in [0.1, 0.15) is 0 Å². The number of aryl methyl sites for hydroxylation is 1. The Labute approximate surface area is 127 Å². The lowest BCUT2D eigenvalue weighted by atomic mass is 10.1. The van der Waals surface area contributed by atoms with Crippen molar-refractivity contribution in [1.82, 2.24) is 9.88 Å². The first-order valence-corrected chi connectivity index (χ1v) is 7.32. The summed E-state index contributed by atoms with van der Waals surface area (Å²) in [5.41, 5.74) is 2.23. The fraction of sp³-hybridized carbons (Fsp3) is 0.250. The zero-order valence-corrected chi connectivity index (χ0v) is 13.0. The summed E-state index contributed by atoms with van der Waals surface area (Å²) in [5.74, 6) is 0.150. The van der Waals surface area contributed by atoms with Gasteiger partial charge in [0.05, 0.1) is 0 Å². The quantitative estimate of drug-likeness (QED) is 0.840. The standard InChI is InChI=1S/C16H17BrN2O/c1-19(12-14-4-7-15(17)8-5-14)16(20)9-6-13-3-2-10-18-11-13/h2-5,7-8,10-11H,6,9,12H2,1H3. The molecule has 0 bridgehead atoms. The number of carbonyl (C=O) groups excluding carboxylic acids is 1. The maximum atomic E-state index is 12.1. The second kappa shape index (κ2) is 7.20. The van der Waals surface area contributed by atoms with E-state index in [4.69, 9.17) is 0 Å². The number of rotatable bonds is 5. The van der Waals surface area contributed by atoms with Crippen molar-refractivity contribution < 1.29 is 4.79 Å². The Hall–Kier alpha value is -1.68. The summed E-state index contributed by atoms with van der Waals surface area (Å²) < 4.78 is 1.05. The zero-order chi connectivity index (χ0) is 14.4. The topological polar surface area (TPSA) is 33.2 Å². The number of pyridine rings is 1. The third-order valence-electron chi connectivity index (χ3n) is 3.11. The van der Waals surface area contributed by atoms with Crippen LogP contribution in [0.4, 0.5) is 0 Å². The summed E-state index contributed by atoms with van der Waals surface area (Å²) in [4.78, 5) is 17.9. The van der Waals surface area contributed by atoms with E-state index in [2.05, 4.69) is 20.9 Å². The summed E-state index contributed by atoms with van der Waals surface area (Å²) in [6.45, 7) is 0.638. The van der Waals surface area contributed by atoms with Crippen LogP contribution in [0, 0.1) is 0 Å². The number of amides is 1. The van der Waals surface area contributed by atoms with Crippen LogP contribution >= 0.6 is 15.9 Å². The van der Waals surface area contributed by atoms with Crippen molar-refractivity contribution in [3.63, 3.8) is 0 Å². The number of carbonyl (C=O) groups is 1. The lowest BCUT2D eigenvalue weighted by molar-refractivity contribution is -0.130. The van der Waals surface area contributed by atoms with Gasteiger partial charge in [0.15, 0.2) is 0 Å². The van der Waals surface area contributed by atoms with E-state index < -0.39 is 0 Å². The van der Waals surface area contributed by atoms with Crippen LogP contribution in [0.1, 0.15) is 17.5 Å². The van der Waals surface area contributed by atoms with Gasteiger partial charge in [-0.15, -0.1) is 0 Å². The number of benzene rings is 1. The second-order valence-corrected chi connectivity index (χ2v) is 5.65. The molecule has 0 fully saturated rings. The fourth-order valence-corrected chi connectivity index (χ4v) is 2.20. The van der Waals surface area contributed by atoms with Crippen LogP contribution in [0.15, 0.2) is 53.3 Å². The van der Waals surface area contributed by atoms with Crippen LogP contribution in [0.5, 0.6) is 0 Å². The molecule has 0 spiro atoms. The lowest BCUT2D eigenvalue weighted by Gasteiger charge is -2.17. The van der Waals surface area contributed by atoms with Crippen LogP contribution in [0.25, 0.3) is 0 Å². The molecule has 0 N–H and O–H groups in total. The van der Waals surface area contributed by atoms with Gasteiger partial charge in [-0.3, -0.25) is 9.78 Å². The lowest BCUT2D eigenvalue weighted by Crippen LogP contribution is -2.26. The minimum Gasteiger partial charge on any atom is -0.341 e. The highest BCUT2D eigenvalue weighted by Gasteiger charge is 2.09. The maximum absolute atomic E-state index is 12.1. The molecule has 0 saturated carbocycles. The molecule has 4 heteroatoms. The molecule has 20 heavy (non-hydrogen) atoms. The molecule has 0 atom stereocenters. The van der Waals surface area contributed by atoms with E-state index in [1.807, 2.05) is 49.6 Å². The van der Waals surface area contributed by atoms with Gasteiger partial charge in [-0.05, 0) is 35.7 Å². The summed E-state index contributed by atoms with van der Waals surface area (Å²) >= 11 is 3.40. The highest BCUT2D eigenvalue weighted by molar-refractivity contribution is 9.10. The molecule has 0 aliphatic heterocycles. The molecular weight excluding hydrogens is 316 g/mol. The molecule has 104 valence electrons. The van der Waals surface area contributed by atoms with Gasteiger partial charge in [-0.2, -0.15) is 0 Å². The normalized spacial score (nSPS) is 10.3. The van der Waals surface area contributed by atoms with Crippen LogP contribution in [0.2, 0.25) is 0 Å². The summed E-state index contributed by atoms with van der Waals surface area (Å²) in [6.07, 6.45) is 4.79. The van der Waals surface area contributed by atoms with Crippen LogP contribution in [-0.4, -0.2) is 22.8 Å². The van der Waals surface area contributed by atoms with Gasteiger partial charge < -0.3 is 4.90 Å². The van der Waals surface area contributed by atoms with Gasteiger partial charge in [0.25, 0.3) is 0 Å². The minimum atomic E-state index is 0.150. The van der Waals surface area contributed by atoms with E-state index in [-0.39, 0.29) is 5.91 Å². The molecule has 0 aliphatic rings. The van der Waals surface area contributed by atoms with E-state index in [1.54, 1.807) is 11.1 Å². The molecule has 0 aliphatic carbocycles. The Morgan fingerprint density at radius 1 is 1.20 bits per heavy atom. The van der Waals surface area contributed by atoms with Gasteiger partial charge in [-0.25, -0.2) is 0 Å². The van der Waals surface area contributed by atoms with Crippen LogP contribution in [-0.2, 0) is 17.8 Å². The van der Waals surface area contributed by atoms with Gasteiger partial charge >= 0.3 is 0 Å². The number of hydrogen-bond donors (Lipinski definition) is 0. The largest absolute Gasteiger partial charge is 0.341 e. The third kappa shape index (κ3) is 4.46. The highest BCUT2D eigenvalue weighted by Crippen LogP contribution is 2.12. The van der Waals surface area contributed by atoms with Crippen LogP contribution in [0.3, 0.4) is 0 Å². The average molecular weight is 333 g/mol. The number of aromatic nitrogens is 1. The van der Waals surface area contributed by atoms with E-state index in [9.17, 15) is 4.79 Å². The maximum Gasteiger partial charge on any atom is 0.222 e. The fourth-order valence-electron chi connectivity index (χ4n) is 1.94. The van der Waals surface area contributed by atoms with Crippen molar-refractivity contribution >= 4 is 21.8 Å². The monoisotopic (exact) mass is 332 g/mol. The highest BCUT2D eigenvalue weighted by atomic mass is 79.9. The number of hydrogen-bond acceptors (Lipinski definition) is 2. The first kappa shape index (κ1) is 14.7. The smallest absolute Gasteiger partial charge is 0.222 e. The molecule has 2 aromatic rings. The van der Waals surface area contributed by atoms with Crippen molar-refractivity contribution in [3.8, 4) is 0 Å². The summed E-state index contributed by atoms with van der Waals surface area (Å²) in [6, 6.07) is 11.9. The van der Waals surface area contributed by atoms with Crippen molar-refractivity contribution in [1.29, 1.82) is 0 Å². The predicted molar refractivity (Wildman–Crippen MR) is 83.2 cm³/mol. The first-order chi connectivity index (χ1) is 9.65. The molecule has 1 heterocycles. The molecule has 0 radical (unpaired) electrons. The summed E-state index contributed by atoms with van der Waals surface area (Å²) in [5, 5.41) is 0. The second-order valence-electron chi connectivity index (χ2n) is 4.74. The minimum absolute atomic E-state index is 0.150. The Morgan fingerprint density at radius 3 is 2.60 bits per heavy atom. The Kier molecular flexibility index (Phi) is 5.30. The van der Waals surface area contributed by atoms with Crippen molar-refractivity contribution in [2.75, 3.05) is 7.05 Å². The molecule has 0 saturated heterocycles.